The van der Waals surface area contributed by atoms with E-state index < -0.39 is 6.10 Å². The topological polar surface area (TPSA) is 78.9 Å². The molecule has 0 fully saturated rings. The van der Waals surface area contributed by atoms with Crippen LogP contribution in [0.5, 0.6) is 0 Å². The highest BCUT2D eigenvalue weighted by molar-refractivity contribution is 5.71. The minimum atomic E-state index is -0.770. The summed E-state index contributed by atoms with van der Waals surface area (Å²) < 4.78 is 16.7. The molecule has 60 heavy (non-hydrogen) atoms. The van der Waals surface area contributed by atoms with Gasteiger partial charge in [-0.15, -0.1) is 0 Å². The highest BCUT2D eigenvalue weighted by Crippen LogP contribution is 2.17. The van der Waals surface area contributed by atoms with Crippen molar-refractivity contribution >= 4 is 17.9 Å². The lowest BCUT2D eigenvalue weighted by Gasteiger charge is -2.18. The van der Waals surface area contributed by atoms with Crippen molar-refractivity contribution in [1.29, 1.82) is 0 Å². The number of esters is 3. The maximum atomic E-state index is 12.7. The quantitative estimate of drug-likeness (QED) is 0.0263. The minimum Gasteiger partial charge on any atom is -0.462 e. The number of ether oxygens (including phenoxy) is 3. The SMILES string of the molecule is CCCC/C=C\C/C=C\CCCCCCCC(=O)OC(COC(=O)CCCCCCC)COC(=O)CCCCCCCCCCCCCCCCCCCCCCCCC. The van der Waals surface area contributed by atoms with Gasteiger partial charge in [-0.1, -0.05) is 244 Å². The second-order valence-electron chi connectivity index (χ2n) is 17.8. The van der Waals surface area contributed by atoms with Gasteiger partial charge < -0.3 is 14.2 Å². The Kier molecular flexibility index (Phi) is 47.8. The number of hydrogen-bond donors (Lipinski definition) is 0. The summed E-state index contributed by atoms with van der Waals surface area (Å²) >= 11 is 0. The van der Waals surface area contributed by atoms with Crippen LogP contribution in [0.25, 0.3) is 0 Å². The van der Waals surface area contributed by atoms with Crippen molar-refractivity contribution in [3.63, 3.8) is 0 Å². The number of unbranched alkanes of at least 4 members (excludes halogenated alkanes) is 33. The third-order valence-corrected chi connectivity index (χ3v) is 11.7. The largest absolute Gasteiger partial charge is 0.462 e. The van der Waals surface area contributed by atoms with Gasteiger partial charge in [-0.3, -0.25) is 14.4 Å². The van der Waals surface area contributed by atoms with Crippen molar-refractivity contribution in [3.05, 3.63) is 24.3 Å². The highest BCUT2D eigenvalue weighted by Gasteiger charge is 2.19. The van der Waals surface area contributed by atoms with Gasteiger partial charge in [0.1, 0.15) is 13.2 Å². The van der Waals surface area contributed by atoms with Gasteiger partial charge in [0, 0.05) is 19.3 Å². The second-order valence-corrected chi connectivity index (χ2v) is 17.8. The van der Waals surface area contributed by atoms with E-state index in [4.69, 9.17) is 14.2 Å². The lowest BCUT2D eigenvalue weighted by molar-refractivity contribution is -0.167. The molecule has 0 saturated heterocycles. The van der Waals surface area contributed by atoms with Crippen LogP contribution in [-0.2, 0) is 28.6 Å². The fourth-order valence-corrected chi connectivity index (χ4v) is 7.70. The monoisotopic (exact) mass is 845 g/mol. The Hall–Kier alpha value is -2.11. The molecular formula is C54H100O6. The van der Waals surface area contributed by atoms with Crippen molar-refractivity contribution in [2.75, 3.05) is 13.2 Å². The Morgan fingerprint density at radius 2 is 0.617 bits per heavy atom. The molecule has 0 aromatic heterocycles. The summed E-state index contributed by atoms with van der Waals surface area (Å²) in [5.41, 5.74) is 0. The van der Waals surface area contributed by atoms with Gasteiger partial charge in [0.25, 0.3) is 0 Å². The van der Waals surface area contributed by atoms with Crippen LogP contribution in [0.1, 0.15) is 284 Å². The van der Waals surface area contributed by atoms with Gasteiger partial charge in [-0.2, -0.15) is 0 Å². The first-order valence-electron chi connectivity index (χ1n) is 26.3. The number of rotatable bonds is 48. The molecule has 6 nitrogen and oxygen atoms in total. The maximum absolute atomic E-state index is 12.7. The summed E-state index contributed by atoms with van der Waals surface area (Å²) in [6.45, 7) is 6.53. The van der Waals surface area contributed by atoms with Gasteiger partial charge in [0.15, 0.2) is 6.10 Å². The van der Waals surface area contributed by atoms with Gasteiger partial charge >= 0.3 is 17.9 Å². The predicted octanol–water partition coefficient (Wildman–Crippen LogP) is 17.2. The Bertz CT molecular complexity index is 973. The molecule has 6 heteroatoms. The Balaban J connectivity index is 4.05. The van der Waals surface area contributed by atoms with Crippen LogP contribution in [0, 0.1) is 0 Å². The lowest BCUT2D eigenvalue weighted by atomic mass is 10.0. The van der Waals surface area contributed by atoms with Gasteiger partial charge in [-0.05, 0) is 44.9 Å². The van der Waals surface area contributed by atoms with Crippen molar-refractivity contribution in [3.8, 4) is 0 Å². The van der Waals surface area contributed by atoms with E-state index in [2.05, 4.69) is 45.1 Å². The average Bonchev–Trinajstić information content (AvgIpc) is 3.24. The molecule has 1 unspecified atom stereocenters. The molecule has 0 aliphatic heterocycles. The van der Waals surface area contributed by atoms with Crippen molar-refractivity contribution in [2.45, 2.75) is 290 Å². The zero-order chi connectivity index (χ0) is 43.7. The van der Waals surface area contributed by atoms with E-state index in [1.165, 1.54) is 154 Å². The Morgan fingerprint density at radius 3 is 0.967 bits per heavy atom. The van der Waals surface area contributed by atoms with Gasteiger partial charge in [0.05, 0.1) is 0 Å². The van der Waals surface area contributed by atoms with E-state index in [1.807, 2.05) is 0 Å². The smallest absolute Gasteiger partial charge is 0.306 e. The van der Waals surface area contributed by atoms with Crippen molar-refractivity contribution in [2.24, 2.45) is 0 Å². The minimum absolute atomic E-state index is 0.0737. The van der Waals surface area contributed by atoms with Crippen LogP contribution < -0.4 is 0 Å². The molecule has 0 heterocycles. The summed E-state index contributed by atoms with van der Waals surface area (Å²) in [4.78, 5) is 37.6. The molecule has 0 aliphatic carbocycles. The molecule has 0 amide bonds. The molecule has 0 aromatic rings. The molecule has 0 bridgehead atoms. The molecule has 0 aliphatic rings. The molecular weight excluding hydrogens is 745 g/mol. The van der Waals surface area contributed by atoms with E-state index in [1.54, 1.807) is 0 Å². The fourth-order valence-electron chi connectivity index (χ4n) is 7.70. The van der Waals surface area contributed by atoms with Gasteiger partial charge in [0.2, 0.25) is 0 Å². The molecule has 0 radical (unpaired) electrons. The molecule has 1 atom stereocenters. The summed E-state index contributed by atoms with van der Waals surface area (Å²) in [6.07, 6.45) is 56.4. The van der Waals surface area contributed by atoms with Crippen LogP contribution in [0.4, 0.5) is 0 Å². The van der Waals surface area contributed by atoms with Gasteiger partial charge in [-0.25, -0.2) is 0 Å². The van der Waals surface area contributed by atoms with Crippen LogP contribution in [0.3, 0.4) is 0 Å². The Morgan fingerprint density at radius 1 is 0.333 bits per heavy atom. The number of carbonyl (C=O) groups excluding carboxylic acids is 3. The zero-order valence-electron chi connectivity index (χ0n) is 40.2. The number of hydrogen-bond acceptors (Lipinski definition) is 6. The zero-order valence-corrected chi connectivity index (χ0v) is 40.2. The first-order chi connectivity index (χ1) is 29.5. The highest BCUT2D eigenvalue weighted by atomic mass is 16.6. The van der Waals surface area contributed by atoms with E-state index in [0.29, 0.717) is 19.3 Å². The molecule has 0 spiro atoms. The maximum Gasteiger partial charge on any atom is 0.306 e. The molecule has 0 aromatic carbocycles. The third-order valence-electron chi connectivity index (χ3n) is 11.7. The van der Waals surface area contributed by atoms with E-state index in [-0.39, 0.29) is 31.1 Å². The van der Waals surface area contributed by atoms with Crippen LogP contribution in [-0.4, -0.2) is 37.2 Å². The first-order valence-corrected chi connectivity index (χ1v) is 26.3. The second kappa shape index (κ2) is 49.5. The summed E-state index contributed by atoms with van der Waals surface area (Å²) in [7, 11) is 0. The fraction of sp³-hybridized carbons (Fsp3) is 0.870. The van der Waals surface area contributed by atoms with E-state index in [9.17, 15) is 14.4 Å². The van der Waals surface area contributed by atoms with Crippen LogP contribution in [0.2, 0.25) is 0 Å². The number of allylic oxidation sites excluding steroid dienone is 4. The summed E-state index contributed by atoms with van der Waals surface area (Å²) in [6, 6.07) is 0. The molecule has 0 N–H and O–H groups in total. The van der Waals surface area contributed by atoms with Crippen LogP contribution in [0.15, 0.2) is 24.3 Å². The van der Waals surface area contributed by atoms with E-state index in [0.717, 1.165) is 89.9 Å². The van der Waals surface area contributed by atoms with Crippen molar-refractivity contribution in [1.82, 2.24) is 0 Å². The molecule has 0 rings (SSSR count). The summed E-state index contributed by atoms with van der Waals surface area (Å²) in [5.74, 6) is -0.890. The lowest BCUT2D eigenvalue weighted by Crippen LogP contribution is -2.30. The van der Waals surface area contributed by atoms with Crippen LogP contribution >= 0.6 is 0 Å². The number of carbonyl (C=O) groups is 3. The average molecular weight is 845 g/mol. The van der Waals surface area contributed by atoms with Crippen molar-refractivity contribution < 1.29 is 28.6 Å². The Labute approximate surface area is 373 Å². The molecule has 352 valence electrons. The predicted molar refractivity (Wildman–Crippen MR) is 256 cm³/mol. The normalized spacial score (nSPS) is 12.1. The first kappa shape index (κ1) is 57.9. The molecule has 0 saturated carbocycles. The standard InChI is InChI=1S/C54H100O6/c1-4-7-10-13-15-17-19-21-23-24-25-26-27-28-29-30-31-33-34-36-38-41-44-47-53(56)59-50-51(49-58-52(55)46-43-40-12-9-6-3)60-54(57)48-45-42-39-37-35-32-22-20-18-16-14-11-8-5-2/h14,16,20,22,51H,4-13,15,17-19,21,23-50H2,1-3H3/b16-14-,22-20-. The van der Waals surface area contributed by atoms with E-state index >= 15 is 0 Å². The summed E-state index contributed by atoms with van der Waals surface area (Å²) in [5, 5.41) is 0. The third kappa shape index (κ3) is 46.9.